The molecule has 96 valence electrons. The Labute approximate surface area is 108 Å². The van der Waals surface area contributed by atoms with Crippen molar-refractivity contribution in [3.05, 3.63) is 34.9 Å². The van der Waals surface area contributed by atoms with Crippen LogP contribution in [-0.2, 0) is 4.74 Å². The van der Waals surface area contributed by atoms with Gasteiger partial charge in [0.2, 0.25) is 0 Å². The van der Waals surface area contributed by atoms with E-state index in [2.05, 4.69) is 19.3 Å². The minimum Gasteiger partial charge on any atom is -0.379 e. The molecule has 0 radical (unpaired) electrons. The van der Waals surface area contributed by atoms with Gasteiger partial charge in [-0.1, -0.05) is 23.7 Å². The molecule has 1 aromatic carbocycles. The Balaban J connectivity index is 2.66. The van der Waals surface area contributed by atoms with E-state index < -0.39 is 0 Å². The second-order valence-corrected chi connectivity index (χ2v) is 5.21. The van der Waals surface area contributed by atoms with E-state index in [0.717, 1.165) is 23.4 Å². The molecule has 0 aromatic heterocycles. The third-order valence-corrected chi connectivity index (χ3v) is 3.27. The van der Waals surface area contributed by atoms with Gasteiger partial charge in [0, 0.05) is 18.2 Å². The second kappa shape index (κ2) is 6.36. The number of hydrogen-bond donors (Lipinski definition) is 2. The molecule has 0 aliphatic carbocycles. The normalized spacial score (nSPS) is 13.7. The van der Waals surface area contributed by atoms with Gasteiger partial charge >= 0.3 is 0 Å². The monoisotopic (exact) mass is 256 g/mol. The van der Waals surface area contributed by atoms with Crippen molar-refractivity contribution in [3.63, 3.8) is 0 Å². The van der Waals surface area contributed by atoms with Crippen molar-refractivity contribution in [2.45, 2.75) is 38.3 Å². The number of halogens is 1. The molecule has 3 N–H and O–H groups in total. The van der Waals surface area contributed by atoms with E-state index >= 15 is 0 Å². The predicted octanol–water partition coefficient (Wildman–Crippen LogP) is 3.05. The highest BCUT2D eigenvalue weighted by atomic mass is 35.5. The van der Waals surface area contributed by atoms with E-state index in [1.807, 2.05) is 24.3 Å². The second-order valence-electron chi connectivity index (χ2n) is 4.78. The molecular formula is C13H21ClN2O. The van der Waals surface area contributed by atoms with Crippen LogP contribution >= 0.6 is 11.6 Å². The summed E-state index contributed by atoms with van der Waals surface area (Å²) in [7, 11) is 1.73. The quantitative estimate of drug-likeness (QED) is 0.608. The van der Waals surface area contributed by atoms with Gasteiger partial charge < -0.3 is 4.74 Å². The van der Waals surface area contributed by atoms with Gasteiger partial charge in [0.15, 0.2) is 0 Å². The highest BCUT2D eigenvalue weighted by Crippen LogP contribution is 2.25. The molecule has 4 heteroatoms. The maximum absolute atomic E-state index is 5.97. The Kier molecular flexibility index (Phi) is 5.40. The van der Waals surface area contributed by atoms with Crippen molar-refractivity contribution >= 4 is 11.6 Å². The highest BCUT2D eigenvalue weighted by Gasteiger charge is 2.19. The lowest BCUT2D eigenvalue weighted by Gasteiger charge is -2.25. The fourth-order valence-corrected chi connectivity index (χ4v) is 1.86. The fourth-order valence-electron chi connectivity index (χ4n) is 1.66. The number of nitrogens with two attached hydrogens (primary N) is 1. The van der Waals surface area contributed by atoms with Gasteiger partial charge in [-0.25, -0.2) is 0 Å². The summed E-state index contributed by atoms with van der Waals surface area (Å²) in [6, 6.07) is 7.85. The molecule has 0 bridgehead atoms. The third-order valence-electron chi connectivity index (χ3n) is 3.04. The first kappa shape index (κ1) is 14.5. The maximum Gasteiger partial charge on any atom is 0.0623 e. The molecule has 0 aliphatic rings. The van der Waals surface area contributed by atoms with Crippen LogP contribution in [0.3, 0.4) is 0 Å². The summed E-state index contributed by atoms with van der Waals surface area (Å²) in [6.45, 7) is 4.14. The molecule has 3 nitrogen and oxygen atoms in total. The lowest BCUT2D eigenvalue weighted by Crippen LogP contribution is -2.31. The smallest absolute Gasteiger partial charge is 0.0623 e. The zero-order valence-electron chi connectivity index (χ0n) is 10.7. The molecule has 1 unspecified atom stereocenters. The SMILES string of the molecule is COC(C)(C)CCC(NN)c1cccc(Cl)c1. The average molecular weight is 257 g/mol. The molecule has 0 fully saturated rings. The third kappa shape index (κ3) is 4.64. The number of benzene rings is 1. The summed E-state index contributed by atoms with van der Waals surface area (Å²) in [5.74, 6) is 5.59. The maximum atomic E-state index is 5.97. The summed E-state index contributed by atoms with van der Waals surface area (Å²) in [5, 5.41) is 0.730. The number of nitrogens with one attached hydrogen (secondary N) is 1. The molecule has 1 atom stereocenters. The molecule has 0 saturated carbocycles. The highest BCUT2D eigenvalue weighted by molar-refractivity contribution is 6.30. The molecule has 0 amide bonds. The van der Waals surface area contributed by atoms with Crippen molar-refractivity contribution in [1.29, 1.82) is 0 Å². The number of rotatable bonds is 6. The average Bonchev–Trinajstić information content (AvgIpc) is 2.30. The molecule has 0 heterocycles. The van der Waals surface area contributed by atoms with Crippen LogP contribution < -0.4 is 11.3 Å². The van der Waals surface area contributed by atoms with Crippen LogP contribution in [0.25, 0.3) is 0 Å². The van der Waals surface area contributed by atoms with Crippen LogP contribution in [0.1, 0.15) is 38.3 Å². The molecule has 0 saturated heterocycles. The van der Waals surface area contributed by atoms with E-state index in [0.29, 0.717) is 0 Å². The van der Waals surface area contributed by atoms with Gasteiger partial charge in [-0.05, 0) is 44.4 Å². The molecule has 1 aromatic rings. The summed E-state index contributed by atoms with van der Waals surface area (Å²) in [6.07, 6.45) is 1.82. The van der Waals surface area contributed by atoms with Gasteiger partial charge in [-0.3, -0.25) is 11.3 Å². The van der Waals surface area contributed by atoms with Crippen molar-refractivity contribution in [3.8, 4) is 0 Å². The zero-order chi connectivity index (χ0) is 12.9. The Morgan fingerprint density at radius 2 is 2.18 bits per heavy atom. The Bertz CT molecular complexity index is 355. The van der Waals surface area contributed by atoms with Crippen molar-refractivity contribution in [2.24, 2.45) is 5.84 Å². The summed E-state index contributed by atoms with van der Waals surface area (Å²) in [4.78, 5) is 0. The number of hydrogen-bond acceptors (Lipinski definition) is 3. The summed E-state index contributed by atoms with van der Waals surface area (Å²) >= 11 is 5.97. The van der Waals surface area contributed by atoms with Crippen LogP contribution in [0.4, 0.5) is 0 Å². The largest absolute Gasteiger partial charge is 0.379 e. The van der Waals surface area contributed by atoms with E-state index in [4.69, 9.17) is 22.2 Å². The van der Waals surface area contributed by atoms with Crippen LogP contribution in [0, 0.1) is 0 Å². The standard InChI is InChI=1S/C13H21ClN2O/c1-13(2,17-3)8-7-12(16-15)10-5-4-6-11(14)9-10/h4-6,9,12,16H,7-8,15H2,1-3H3. The molecule has 17 heavy (non-hydrogen) atoms. The van der Waals surface area contributed by atoms with E-state index in [1.54, 1.807) is 7.11 Å². The molecule has 1 rings (SSSR count). The van der Waals surface area contributed by atoms with Crippen LogP contribution in [-0.4, -0.2) is 12.7 Å². The first-order valence-corrected chi connectivity index (χ1v) is 6.13. The Morgan fingerprint density at radius 3 is 2.71 bits per heavy atom. The van der Waals surface area contributed by atoms with Gasteiger partial charge in [-0.15, -0.1) is 0 Å². The van der Waals surface area contributed by atoms with Gasteiger partial charge in [0.05, 0.1) is 5.60 Å². The number of methoxy groups -OCH3 is 1. The molecule has 0 aliphatic heterocycles. The van der Waals surface area contributed by atoms with Crippen LogP contribution in [0.2, 0.25) is 5.02 Å². The lowest BCUT2D eigenvalue weighted by atomic mass is 9.95. The van der Waals surface area contributed by atoms with E-state index in [9.17, 15) is 0 Å². The van der Waals surface area contributed by atoms with E-state index in [1.165, 1.54) is 0 Å². The van der Waals surface area contributed by atoms with Crippen LogP contribution in [0.5, 0.6) is 0 Å². The van der Waals surface area contributed by atoms with Crippen molar-refractivity contribution in [2.75, 3.05) is 7.11 Å². The first-order valence-electron chi connectivity index (χ1n) is 5.75. The summed E-state index contributed by atoms with van der Waals surface area (Å²) in [5.41, 5.74) is 3.80. The van der Waals surface area contributed by atoms with Crippen LogP contribution in [0.15, 0.2) is 24.3 Å². The topological polar surface area (TPSA) is 47.3 Å². The minimum atomic E-state index is -0.131. The van der Waals surface area contributed by atoms with Gasteiger partial charge in [0.1, 0.15) is 0 Å². The van der Waals surface area contributed by atoms with Gasteiger partial charge in [-0.2, -0.15) is 0 Å². The van der Waals surface area contributed by atoms with E-state index in [-0.39, 0.29) is 11.6 Å². The fraction of sp³-hybridized carbons (Fsp3) is 0.538. The molecular weight excluding hydrogens is 236 g/mol. The molecule has 0 spiro atoms. The predicted molar refractivity (Wildman–Crippen MR) is 71.8 cm³/mol. The Hall–Kier alpha value is -0.610. The zero-order valence-corrected chi connectivity index (χ0v) is 11.4. The lowest BCUT2D eigenvalue weighted by molar-refractivity contribution is 0.0117. The first-order chi connectivity index (χ1) is 7.98. The van der Waals surface area contributed by atoms with Gasteiger partial charge in [0.25, 0.3) is 0 Å². The number of hydrazine groups is 1. The van der Waals surface area contributed by atoms with Crippen molar-refractivity contribution < 1.29 is 4.74 Å². The minimum absolute atomic E-state index is 0.100. The Morgan fingerprint density at radius 1 is 1.47 bits per heavy atom. The number of ether oxygens (including phenoxy) is 1. The van der Waals surface area contributed by atoms with Crippen molar-refractivity contribution in [1.82, 2.24) is 5.43 Å². The summed E-state index contributed by atoms with van der Waals surface area (Å²) < 4.78 is 5.40.